The molecule has 2 aromatic heterocycles. The molecule has 3 N–H and O–H groups in total. The number of carbonyl (C=O) groups excluding carboxylic acids is 1. The number of hydrogen-bond donors (Lipinski definition) is 3. The minimum Gasteiger partial charge on any atom is -0.497 e. The summed E-state index contributed by atoms with van der Waals surface area (Å²) in [6, 6.07) is 17.9. The van der Waals surface area contributed by atoms with Gasteiger partial charge in [-0.2, -0.15) is 9.78 Å². The summed E-state index contributed by atoms with van der Waals surface area (Å²) in [5.41, 5.74) is 3.48. The van der Waals surface area contributed by atoms with Gasteiger partial charge in [0.05, 0.1) is 18.5 Å². The zero-order valence-electron chi connectivity index (χ0n) is 18.7. The number of benzene rings is 2. The van der Waals surface area contributed by atoms with Crippen molar-refractivity contribution in [3.63, 3.8) is 0 Å². The molecule has 1 aliphatic carbocycles. The van der Waals surface area contributed by atoms with Crippen LogP contribution in [-0.4, -0.2) is 32.9 Å². The van der Waals surface area contributed by atoms with Gasteiger partial charge >= 0.3 is 6.03 Å². The van der Waals surface area contributed by atoms with Crippen molar-refractivity contribution < 1.29 is 9.53 Å². The Balaban J connectivity index is 1.49. The SMILES string of the molecule is COc1ccc(NC(=O)Nc2cc(-c3ccccc3)nn2-c2nc3c(c(=O)[nH]2)CCCC3)cc1. The number of methoxy groups -OCH3 is 1. The number of hydrogen-bond acceptors (Lipinski definition) is 5. The molecular weight excluding hydrogens is 432 g/mol. The molecule has 0 unspecified atom stereocenters. The van der Waals surface area contributed by atoms with Gasteiger partial charge in [0.2, 0.25) is 5.95 Å². The summed E-state index contributed by atoms with van der Waals surface area (Å²) in [7, 11) is 1.58. The van der Waals surface area contributed by atoms with Crippen LogP contribution in [0.4, 0.5) is 16.3 Å². The van der Waals surface area contributed by atoms with Crippen molar-refractivity contribution in [3.05, 3.63) is 82.3 Å². The van der Waals surface area contributed by atoms with Crippen LogP contribution in [0.1, 0.15) is 24.1 Å². The molecule has 0 saturated carbocycles. The smallest absolute Gasteiger partial charge is 0.324 e. The lowest BCUT2D eigenvalue weighted by atomic mass is 9.97. The third-order valence-electron chi connectivity index (χ3n) is 5.75. The monoisotopic (exact) mass is 456 g/mol. The number of rotatable bonds is 5. The highest BCUT2D eigenvalue weighted by Crippen LogP contribution is 2.25. The van der Waals surface area contributed by atoms with Gasteiger partial charge in [0.25, 0.3) is 5.56 Å². The number of H-pyrrole nitrogens is 1. The molecule has 0 aliphatic heterocycles. The molecule has 5 rings (SSSR count). The van der Waals surface area contributed by atoms with Gasteiger partial charge in [0, 0.05) is 22.9 Å². The number of anilines is 2. The van der Waals surface area contributed by atoms with Gasteiger partial charge in [-0.25, -0.2) is 9.78 Å². The van der Waals surface area contributed by atoms with E-state index in [0.717, 1.165) is 42.5 Å². The third-order valence-corrected chi connectivity index (χ3v) is 5.75. The summed E-state index contributed by atoms with van der Waals surface area (Å²) in [5, 5.41) is 10.3. The van der Waals surface area contributed by atoms with E-state index in [1.807, 2.05) is 30.3 Å². The van der Waals surface area contributed by atoms with Crippen LogP contribution < -0.4 is 20.9 Å². The van der Waals surface area contributed by atoms with E-state index in [4.69, 9.17) is 4.74 Å². The average molecular weight is 457 g/mol. The summed E-state index contributed by atoms with van der Waals surface area (Å²) in [6.45, 7) is 0. The lowest BCUT2D eigenvalue weighted by molar-refractivity contribution is 0.262. The quantitative estimate of drug-likeness (QED) is 0.417. The lowest BCUT2D eigenvalue weighted by Gasteiger charge is -2.15. The predicted molar refractivity (Wildman–Crippen MR) is 130 cm³/mol. The molecule has 2 amide bonds. The van der Waals surface area contributed by atoms with Crippen LogP contribution in [0.25, 0.3) is 17.2 Å². The molecule has 2 aromatic carbocycles. The maximum atomic E-state index is 12.8. The maximum absolute atomic E-state index is 12.8. The van der Waals surface area contributed by atoms with E-state index in [1.54, 1.807) is 37.4 Å². The fraction of sp³-hybridized carbons (Fsp3) is 0.200. The van der Waals surface area contributed by atoms with E-state index in [0.29, 0.717) is 22.9 Å². The molecule has 0 fully saturated rings. The molecule has 9 nitrogen and oxygen atoms in total. The molecular formula is C25H24N6O3. The zero-order valence-corrected chi connectivity index (χ0v) is 18.7. The van der Waals surface area contributed by atoms with E-state index >= 15 is 0 Å². The summed E-state index contributed by atoms with van der Waals surface area (Å²) < 4.78 is 6.62. The first-order valence-electron chi connectivity index (χ1n) is 11.1. The molecule has 34 heavy (non-hydrogen) atoms. The first kappa shape index (κ1) is 21.4. The van der Waals surface area contributed by atoms with Crippen molar-refractivity contribution >= 4 is 17.5 Å². The standard InChI is InChI=1S/C25H24N6O3/c1-34-18-13-11-17(12-14-18)26-25(33)28-22-15-21(16-7-3-2-4-8-16)30-31(22)24-27-20-10-6-5-9-19(20)23(32)29-24/h2-4,7-8,11-15H,5-6,9-10H2,1H3,(H2,26,28,33)(H,27,29,32). The number of carbonyl (C=O) groups is 1. The van der Waals surface area contributed by atoms with Gasteiger partial charge in [0.1, 0.15) is 11.6 Å². The van der Waals surface area contributed by atoms with Crippen LogP contribution >= 0.6 is 0 Å². The summed E-state index contributed by atoms with van der Waals surface area (Å²) >= 11 is 0. The molecule has 1 aliphatic rings. The number of aromatic amines is 1. The number of nitrogens with one attached hydrogen (secondary N) is 3. The first-order valence-corrected chi connectivity index (χ1v) is 11.1. The highest BCUT2D eigenvalue weighted by atomic mass is 16.5. The Bertz CT molecular complexity index is 1380. The predicted octanol–water partition coefficient (Wildman–Crippen LogP) is 4.15. The molecule has 0 radical (unpaired) electrons. The average Bonchev–Trinajstić information content (AvgIpc) is 3.28. The Morgan fingerprint density at radius 2 is 1.79 bits per heavy atom. The Morgan fingerprint density at radius 3 is 2.56 bits per heavy atom. The van der Waals surface area contributed by atoms with Gasteiger partial charge in [-0.05, 0) is 49.9 Å². The normalized spacial score (nSPS) is 12.6. The Hall–Kier alpha value is -4.40. The van der Waals surface area contributed by atoms with E-state index in [9.17, 15) is 9.59 Å². The van der Waals surface area contributed by atoms with Crippen LogP contribution in [0.3, 0.4) is 0 Å². The molecule has 0 bridgehead atoms. The number of fused-ring (bicyclic) bond motifs is 1. The Labute approximate surface area is 195 Å². The van der Waals surface area contributed by atoms with E-state index < -0.39 is 6.03 Å². The van der Waals surface area contributed by atoms with Crippen molar-refractivity contribution in [2.45, 2.75) is 25.7 Å². The summed E-state index contributed by atoms with van der Waals surface area (Å²) in [6.07, 6.45) is 3.45. The lowest BCUT2D eigenvalue weighted by Crippen LogP contribution is -2.25. The summed E-state index contributed by atoms with van der Waals surface area (Å²) in [5.74, 6) is 1.34. The Kier molecular flexibility index (Phi) is 5.82. The van der Waals surface area contributed by atoms with Gasteiger partial charge in [0.15, 0.2) is 0 Å². The van der Waals surface area contributed by atoms with E-state index in [-0.39, 0.29) is 11.5 Å². The molecule has 172 valence electrons. The zero-order chi connectivity index (χ0) is 23.5. The number of urea groups is 1. The molecule has 9 heteroatoms. The van der Waals surface area contributed by atoms with Gasteiger partial charge < -0.3 is 10.1 Å². The minimum atomic E-state index is -0.453. The molecule has 0 spiro atoms. The maximum Gasteiger partial charge on any atom is 0.324 e. The van der Waals surface area contributed by atoms with Crippen molar-refractivity contribution in [2.75, 3.05) is 17.7 Å². The highest BCUT2D eigenvalue weighted by molar-refractivity contribution is 5.99. The topological polar surface area (TPSA) is 114 Å². The number of nitrogens with zero attached hydrogens (tertiary/aromatic N) is 3. The van der Waals surface area contributed by atoms with E-state index in [2.05, 4.69) is 25.7 Å². The van der Waals surface area contributed by atoms with Crippen LogP contribution in [0, 0.1) is 0 Å². The van der Waals surface area contributed by atoms with Crippen molar-refractivity contribution in [3.8, 4) is 23.0 Å². The van der Waals surface area contributed by atoms with Crippen LogP contribution in [0.15, 0.2) is 65.5 Å². The fourth-order valence-corrected chi connectivity index (χ4v) is 4.03. The number of aromatic nitrogens is 4. The van der Waals surface area contributed by atoms with Crippen molar-refractivity contribution in [1.82, 2.24) is 19.7 Å². The first-order chi connectivity index (χ1) is 16.6. The molecule has 4 aromatic rings. The second-order valence-electron chi connectivity index (χ2n) is 8.02. The van der Waals surface area contributed by atoms with Crippen molar-refractivity contribution in [1.29, 1.82) is 0 Å². The third kappa shape index (κ3) is 4.40. The Morgan fingerprint density at radius 1 is 1.03 bits per heavy atom. The molecule has 0 saturated heterocycles. The number of amides is 2. The largest absolute Gasteiger partial charge is 0.497 e. The van der Waals surface area contributed by atoms with Crippen molar-refractivity contribution in [2.24, 2.45) is 0 Å². The van der Waals surface area contributed by atoms with Crippen LogP contribution in [-0.2, 0) is 12.8 Å². The second kappa shape index (κ2) is 9.22. The molecule has 2 heterocycles. The summed E-state index contributed by atoms with van der Waals surface area (Å²) in [4.78, 5) is 33.0. The second-order valence-corrected chi connectivity index (χ2v) is 8.02. The van der Waals surface area contributed by atoms with E-state index in [1.165, 1.54) is 4.68 Å². The number of ether oxygens (including phenoxy) is 1. The van der Waals surface area contributed by atoms with Crippen LogP contribution in [0.5, 0.6) is 5.75 Å². The van der Waals surface area contributed by atoms with Gasteiger partial charge in [-0.15, -0.1) is 0 Å². The number of aryl methyl sites for hydroxylation is 1. The highest BCUT2D eigenvalue weighted by Gasteiger charge is 2.20. The fourth-order valence-electron chi connectivity index (χ4n) is 4.03. The van der Waals surface area contributed by atoms with Gasteiger partial charge in [-0.1, -0.05) is 30.3 Å². The minimum absolute atomic E-state index is 0.162. The molecule has 0 atom stereocenters. The van der Waals surface area contributed by atoms with Crippen LogP contribution in [0.2, 0.25) is 0 Å². The van der Waals surface area contributed by atoms with Gasteiger partial charge in [-0.3, -0.25) is 15.1 Å².